The number of fused-ring (bicyclic) bond motifs is 1. The maximum Gasteiger partial charge on any atom is 0.251 e. The van der Waals surface area contributed by atoms with Gasteiger partial charge in [-0.15, -0.1) is 0 Å². The quantitative estimate of drug-likeness (QED) is 0.784. The molecule has 3 nitrogen and oxygen atoms in total. The second-order valence-electron chi connectivity index (χ2n) is 7.50. The van der Waals surface area contributed by atoms with Gasteiger partial charge < -0.3 is 10.1 Å². The van der Waals surface area contributed by atoms with Crippen molar-refractivity contribution in [2.75, 3.05) is 13.2 Å². The van der Waals surface area contributed by atoms with Crippen molar-refractivity contribution in [2.45, 2.75) is 39.5 Å². The third kappa shape index (κ3) is 3.82. The van der Waals surface area contributed by atoms with Gasteiger partial charge in [0.05, 0.1) is 6.61 Å². The molecule has 1 N–H and O–H groups in total. The second-order valence-corrected chi connectivity index (χ2v) is 7.50. The topological polar surface area (TPSA) is 38.3 Å². The van der Waals surface area contributed by atoms with E-state index in [0.29, 0.717) is 12.1 Å². The zero-order valence-electron chi connectivity index (χ0n) is 16.1. The predicted molar refractivity (Wildman–Crippen MR) is 108 cm³/mol. The van der Waals surface area contributed by atoms with Crippen LogP contribution in [-0.2, 0) is 5.41 Å². The molecule has 0 saturated carbocycles. The highest BCUT2D eigenvalue weighted by Gasteiger charge is 2.28. The molecule has 0 aliphatic carbocycles. The number of nitrogens with one attached hydrogen (secondary N) is 1. The predicted octanol–water partition coefficient (Wildman–Crippen LogP) is 5.06. The van der Waals surface area contributed by atoms with Crippen molar-refractivity contribution in [3.63, 3.8) is 0 Å². The summed E-state index contributed by atoms with van der Waals surface area (Å²) in [7, 11) is 0. The smallest absolute Gasteiger partial charge is 0.251 e. The highest BCUT2D eigenvalue weighted by molar-refractivity contribution is 5.94. The van der Waals surface area contributed by atoms with E-state index in [9.17, 15) is 4.79 Å². The van der Waals surface area contributed by atoms with Gasteiger partial charge in [-0.1, -0.05) is 38.1 Å². The summed E-state index contributed by atoms with van der Waals surface area (Å²) in [5.41, 5.74) is 5.59. The minimum absolute atomic E-state index is 0.0309. The second kappa shape index (κ2) is 7.36. The molecule has 1 heterocycles. The van der Waals surface area contributed by atoms with Gasteiger partial charge in [-0.05, 0) is 66.6 Å². The molecule has 1 aliphatic heterocycles. The highest BCUT2D eigenvalue weighted by Crippen LogP contribution is 2.39. The zero-order chi connectivity index (χ0) is 18.7. The van der Waals surface area contributed by atoms with Gasteiger partial charge in [-0.3, -0.25) is 4.79 Å². The van der Waals surface area contributed by atoms with Gasteiger partial charge >= 0.3 is 0 Å². The van der Waals surface area contributed by atoms with E-state index >= 15 is 0 Å². The standard InChI is InChI=1S/C23H27NO2/c1-5-24-22(25)18-8-6-17(7-9-18)14-16(2)19-10-11-21-20(15-19)23(3,4)12-13-26-21/h6-11,14-15H,5,12-13H2,1-4H3,(H,24,25)/b16-14+. The van der Waals surface area contributed by atoms with Crippen LogP contribution in [0.25, 0.3) is 11.6 Å². The first kappa shape index (κ1) is 18.2. The molecule has 3 heteroatoms. The molecule has 0 atom stereocenters. The number of hydrogen-bond donors (Lipinski definition) is 1. The van der Waals surface area contributed by atoms with Crippen molar-refractivity contribution in [2.24, 2.45) is 0 Å². The van der Waals surface area contributed by atoms with Crippen LogP contribution in [0.1, 0.15) is 61.2 Å². The Morgan fingerprint density at radius 2 is 1.85 bits per heavy atom. The number of benzene rings is 2. The van der Waals surface area contributed by atoms with Gasteiger partial charge in [0.1, 0.15) is 5.75 Å². The summed E-state index contributed by atoms with van der Waals surface area (Å²) >= 11 is 0. The summed E-state index contributed by atoms with van der Waals surface area (Å²) in [6.45, 7) is 10.0. The molecule has 1 amide bonds. The van der Waals surface area contributed by atoms with Crippen molar-refractivity contribution in [3.05, 3.63) is 64.7 Å². The Bertz CT molecular complexity index is 832. The van der Waals surface area contributed by atoms with E-state index in [0.717, 1.165) is 24.3 Å². The molecule has 0 aromatic heterocycles. The van der Waals surface area contributed by atoms with Gasteiger partial charge in [-0.2, -0.15) is 0 Å². The molecule has 1 aliphatic rings. The monoisotopic (exact) mass is 349 g/mol. The van der Waals surface area contributed by atoms with Crippen molar-refractivity contribution in [3.8, 4) is 5.75 Å². The minimum atomic E-state index is -0.0309. The molecule has 0 fully saturated rings. The van der Waals surface area contributed by atoms with Crippen molar-refractivity contribution >= 4 is 17.6 Å². The average molecular weight is 349 g/mol. The molecular weight excluding hydrogens is 322 g/mol. The van der Waals surface area contributed by atoms with E-state index in [1.807, 2.05) is 31.2 Å². The van der Waals surface area contributed by atoms with Crippen LogP contribution in [0.3, 0.4) is 0 Å². The summed E-state index contributed by atoms with van der Waals surface area (Å²) < 4.78 is 5.81. The third-order valence-corrected chi connectivity index (χ3v) is 5.04. The molecule has 0 radical (unpaired) electrons. The van der Waals surface area contributed by atoms with Crippen LogP contribution in [0.5, 0.6) is 5.75 Å². The Balaban J connectivity index is 1.85. The van der Waals surface area contributed by atoms with Crippen LogP contribution in [0, 0.1) is 0 Å². The first-order valence-corrected chi connectivity index (χ1v) is 9.25. The van der Waals surface area contributed by atoms with Gasteiger partial charge in [0, 0.05) is 17.7 Å². The Morgan fingerprint density at radius 1 is 1.15 bits per heavy atom. The third-order valence-electron chi connectivity index (χ3n) is 5.04. The van der Waals surface area contributed by atoms with E-state index in [4.69, 9.17) is 4.74 Å². The summed E-state index contributed by atoms with van der Waals surface area (Å²) in [4.78, 5) is 11.9. The normalized spacial score (nSPS) is 15.8. The summed E-state index contributed by atoms with van der Waals surface area (Å²) in [5.74, 6) is 0.973. The average Bonchev–Trinajstić information content (AvgIpc) is 2.62. The molecule has 136 valence electrons. The fourth-order valence-electron chi connectivity index (χ4n) is 3.31. The van der Waals surface area contributed by atoms with E-state index in [2.05, 4.69) is 50.4 Å². The van der Waals surface area contributed by atoms with E-state index < -0.39 is 0 Å². The molecular formula is C23H27NO2. The van der Waals surface area contributed by atoms with Crippen LogP contribution < -0.4 is 10.1 Å². The van der Waals surface area contributed by atoms with Crippen LogP contribution in [0.2, 0.25) is 0 Å². The van der Waals surface area contributed by atoms with Crippen LogP contribution in [-0.4, -0.2) is 19.1 Å². The summed E-state index contributed by atoms with van der Waals surface area (Å²) in [6.07, 6.45) is 3.19. The van der Waals surface area contributed by atoms with Gasteiger partial charge in [0.15, 0.2) is 0 Å². The number of carbonyl (C=O) groups is 1. The summed E-state index contributed by atoms with van der Waals surface area (Å²) in [6, 6.07) is 14.2. The number of allylic oxidation sites excluding steroid dienone is 1. The first-order chi connectivity index (χ1) is 12.4. The van der Waals surface area contributed by atoms with Gasteiger partial charge in [-0.25, -0.2) is 0 Å². The van der Waals surface area contributed by atoms with Crippen LogP contribution >= 0.6 is 0 Å². The molecule has 2 aromatic carbocycles. The Kier molecular flexibility index (Phi) is 5.17. The number of carbonyl (C=O) groups excluding carboxylic acids is 1. The molecule has 0 unspecified atom stereocenters. The lowest BCUT2D eigenvalue weighted by Gasteiger charge is -2.32. The molecule has 0 bridgehead atoms. The molecule has 2 aromatic rings. The number of amides is 1. The highest BCUT2D eigenvalue weighted by atomic mass is 16.5. The lowest BCUT2D eigenvalue weighted by atomic mass is 9.79. The SMILES string of the molecule is CCNC(=O)c1ccc(/C=C(\C)c2ccc3c(c2)C(C)(C)CCO3)cc1. The van der Waals surface area contributed by atoms with Crippen LogP contribution in [0.4, 0.5) is 0 Å². The largest absolute Gasteiger partial charge is 0.493 e. The van der Waals surface area contributed by atoms with Crippen molar-refractivity contribution in [1.29, 1.82) is 0 Å². The Hall–Kier alpha value is -2.55. The first-order valence-electron chi connectivity index (χ1n) is 9.25. The number of hydrogen-bond acceptors (Lipinski definition) is 2. The van der Waals surface area contributed by atoms with E-state index in [1.54, 1.807) is 0 Å². The van der Waals surface area contributed by atoms with Crippen molar-refractivity contribution in [1.82, 2.24) is 5.32 Å². The fourth-order valence-corrected chi connectivity index (χ4v) is 3.31. The number of ether oxygens (including phenoxy) is 1. The van der Waals surface area contributed by atoms with Crippen molar-refractivity contribution < 1.29 is 9.53 Å². The number of rotatable bonds is 4. The molecule has 0 saturated heterocycles. The fraction of sp³-hybridized carbons (Fsp3) is 0.348. The van der Waals surface area contributed by atoms with E-state index in [1.165, 1.54) is 16.7 Å². The maximum absolute atomic E-state index is 11.9. The minimum Gasteiger partial charge on any atom is -0.493 e. The summed E-state index contributed by atoms with van der Waals surface area (Å²) in [5, 5.41) is 2.82. The lowest BCUT2D eigenvalue weighted by molar-refractivity contribution is 0.0956. The molecule has 26 heavy (non-hydrogen) atoms. The Morgan fingerprint density at radius 3 is 2.54 bits per heavy atom. The van der Waals surface area contributed by atoms with Gasteiger partial charge in [0.25, 0.3) is 5.91 Å². The maximum atomic E-state index is 11.9. The van der Waals surface area contributed by atoms with E-state index in [-0.39, 0.29) is 11.3 Å². The Labute approximate surface area is 156 Å². The zero-order valence-corrected chi connectivity index (χ0v) is 16.1. The lowest BCUT2D eigenvalue weighted by Crippen LogP contribution is -2.26. The van der Waals surface area contributed by atoms with Gasteiger partial charge in [0.2, 0.25) is 0 Å². The molecule has 3 rings (SSSR count). The van der Waals surface area contributed by atoms with Crippen LogP contribution in [0.15, 0.2) is 42.5 Å². The molecule has 0 spiro atoms.